The summed E-state index contributed by atoms with van der Waals surface area (Å²) in [5.74, 6) is 2.62. The number of aromatic nitrogens is 1. The molecule has 0 saturated carbocycles. The van der Waals surface area contributed by atoms with Gasteiger partial charge in [-0.3, -0.25) is 4.79 Å². The zero-order chi connectivity index (χ0) is 15.4. The van der Waals surface area contributed by atoms with Crippen molar-refractivity contribution in [3.05, 3.63) is 4.88 Å². The third kappa shape index (κ3) is 3.86. The van der Waals surface area contributed by atoms with Crippen molar-refractivity contribution in [3.63, 3.8) is 0 Å². The van der Waals surface area contributed by atoms with Crippen molar-refractivity contribution in [1.29, 1.82) is 0 Å². The van der Waals surface area contributed by atoms with E-state index in [-0.39, 0.29) is 11.9 Å². The Morgan fingerprint density at radius 3 is 2.81 bits per heavy atom. The lowest BCUT2D eigenvalue weighted by atomic mass is 10.2. The van der Waals surface area contributed by atoms with E-state index >= 15 is 0 Å². The van der Waals surface area contributed by atoms with Gasteiger partial charge in [0.1, 0.15) is 10.7 Å². The van der Waals surface area contributed by atoms with Crippen LogP contribution in [0.2, 0.25) is 0 Å². The topological polar surface area (TPSA) is 74.5 Å². The monoisotopic (exact) mass is 307 g/mol. The molecule has 1 aliphatic rings. The molecule has 1 atom stereocenters. The summed E-state index contributed by atoms with van der Waals surface area (Å²) in [6.45, 7) is 5.65. The fourth-order valence-electron chi connectivity index (χ4n) is 2.13. The molecular formula is C14H21N5OS. The average molecular weight is 307 g/mol. The highest BCUT2D eigenvalue weighted by molar-refractivity contribution is 7.18. The van der Waals surface area contributed by atoms with Gasteiger partial charge in [-0.05, 0) is 14.0 Å². The maximum atomic E-state index is 12.2. The molecule has 0 aliphatic carbocycles. The van der Waals surface area contributed by atoms with Crippen molar-refractivity contribution in [3.8, 4) is 12.3 Å². The summed E-state index contributed by atoms with van der Waals surface area (Å²) in [7, 11) is 2.10. The summed E-state index contributed by atoms with van der Waals surface area (Å²) < 4.78 is 0. The number of piperazine rings is 1. The second-order valence-electron chi connectivity index (χ2n) is 5.28. The van der Waals surface area contributed by atoms with Gasteiger partial charge in [0.2, 0.25) is 0 Å². The molecule has 1 aliphatic heterocycles. The number of nitrogens with one attached hydrogen (secondary N) is 1. The van der Waals surface area contributed by atoms with Gasteiger partial charge in [0.15, 0.2) is 5.13 Å². The van der Waals surface area contributed by atoms with Crippen LogP contribution in [-0.2, 0) is 0 Å². The zero-order valence-corrected chi connectivity index (χ0v) is 13.2. The van der Waals surface area contributed by atoms with Crippen LogP contribution >= 0.6 is 11.3 Å². The van der Waals surface area contributed by atoms with E-state index in [1.807, 2.05) is 6.92 Å². The Labute approximate surface area is 129 Å². The maximum absolute atomic E-state index is 12.2. The molecule has 114 valence electrons. The molecule has 1 unspecified atom stereocenters. The van der Waals surface area contributed by atoms with Gasteiger partial charge in [0, 0.05) is 38.6 Å². The van der Waals surface area contributed by atoms with Gasteiger partial charge in [-0.15, -0.1) is 12.3 Å². The van der Waals surface area contributed by atoms with Crippen molar-refractivity contribution in [2.45, 2.75) is 19.4 Å². The molecule has 21 heavy (non-hydrogen) atoms. The molecule has 3 N–H and O–H groups in total. The highest BCUT2D eigenvalue weighted by atomic mass is 32.1. The number of hydrogen-bond acceptors (Lipinski definition) is 6. The van der Waals surface area contributed by atoms with Crippen LogP contribution in [-0.4, -0.2) is 55.1 Å². The van der Waals surface area contributed by atoms with E-state index in [9.17, 15) is 4.79 Å². The van der Waals surface area contributed by atoms with Crippen LogP contribution < -0.4 is 16.0 Å². The summed E-state index contributed by atoms with van der Waals surface area (Å²) in [4.78, 5) is 21.4. The van der Waals surface area contributed by atoms with Crippen molar-refractivity contribution in [1.82, 2.24) is 15.2 Å². The number of hydrogen-bond donors (Lipinski definition) is 2. The molecule has 6 nitrogen and oxygen atoms in total. The van der Waals surface area contributed by atoms with Gasteiger partial charge < -0.3 is 20.9 Å². The Hall–Kier alpha value is -1.78. The summed E-state index contributed by atoms with van der Waals surface area (Å²) in [6, 6.07) is -0.0731. The Kier molecular flexibility index (Phi) is 5.04. The minimum atomic E-state index is -0.201. The SMILES string of the molecule is C#CCC(C)NC(=O)c1sc(N2CCN(C)CC2)nc1N. The van der Waals surface area contributed by atoms with E-state index in [0.29, 0.717) is 17.1 Å². The van der Waals surface area contributed by atoms with Crippen LogP contribution in [0, 0.1) is 12.3 Å². The van der Waals surface area contributed by atoms with E-state index in [1.165, 1.54) is 11.3 Å². The quantitative estimate of drug-likeness (QED) is 0.798. The molecule has 0 bridgehead atoms. The molecule has 7 heteroatoms. The normalized spacial score (nSPS) is 17.3. The molecule has 1 fully saturated rings. The molecule has 1 saturated heterocycles. The molecule has 0 aromatic carbocycles. The summed E-state index contributed by atoms with van der Waals surface area (Å²) in [6.07, 6.45) is 5.74. The molecule has 0 radical (unpaired) electrons. The van der Waals surface area contributed by atoms with Crippen LogP contribution in [0.1, 0.15) is 23.0 Å². The van der Waals surface area contributed by atoms with Crippen molar-refractivity contribution >= 4 is 28.2 Å². The minimum Gasteiger partial charge on any atom is -0.382 e. The number of rotatable bonds is 4. The van der Waals surface area contributed by atoms with Crippen LogP contribution in [0.5, 0.6) is 0 Å². The van der Waals surface area contributed by atoms with Crippen molar-refractivity contribution in [2.75, 3.05) is 43.9 Å². The van der Waals surface area contributed by atoms with Gasteiger partial charge in [-0.2, -0.15) is 0 Å². The fraction of sp³-hybridized carbons (Fsp3) is 0.571. The Morgan fingerprint density at radius 2 is 2.19 bits per heavy atom. The number of carbonyl (C=O) groups is 1. The zero-order valence-electron chi connectivity index (χ0n) is 12.4. The van der Waals surface area contributed by atoms with E-state index in [0.717, 1.165) is 31.3 Å². The number of anilines is 2. The number of thiazole rings is 1. The number of nitrogens with two attached hydrogens (primary N) is 1. The average Bonchev–Trinajstić information content (AvgIpc) is 2.82. The maximum Gasteiger partial charge on any atom is 0.265 e. The van der Waals surface area contributed by atoms with Gasteiger partial charge in [0.05, 0.1) is 0 Å². The minimum absolute atomic E-state index is 0.0731. The highest BCUT2D eigenvalue weighted by Crippen LogP contribution is 2.28. The largest absolute Gasteiger partial charge is 0.382 e. The molecule has 2 heterocycles. The van der Waals surface area contributed by atoms with Gasteiger partial charge >= 0.3 is 0 Å². The molecule has 1 aromatic heterocycles. The summed E-state index contributed by atoms with van der Waals surface area (Å²) in [5, 5.41) is 3.66. The third-order valence-electron chi connectivity index (χ3n) is 3.42. The van der Waals surface area contributed by atoms with Crippen molar-refractivity contribution in [2.24, 2.45) is 0 Å². The third-order valence-corrected chi connectivity index (χ3v) is 4.55. The molecule has 1 amide bonds. The number of amides is 1. The second-order valence-corrected chi connectivity index (χ2v) is 6.26. The lowest BCUT2D eigenvalue weighted by Gasteiger charge is -2.31. The van der Waals surface area contributed by atoms with Gasteiger partial charge in [0.25, 0.3) is 5.91 Å². The predicted octanol–water partition coefficient (Wildman–Crippen LogP) is 0.619. The van der Waals surface area contributed by atoms with Crippen LogP contribution in [0.25, 0.3) is 0 Å². The molecule has 2 rings (SSSR count). The Morgan fingerprint density at radius 1 is 1.52 bits per heavy atom. The number of carbonyl (C=O) groups excluding carboxylic acids is 1. The lowest BCUT2D eigenvalue weighted by molar-refractivity contribution is 0.0945. The second kappa shape index (κ2) is 6.78. The number of nitrogens with zero attached hydrogens (tertiary/aromatic N) is 3. The van der Waals surface area contributed by atoms with E-state index in [4.69, 9.17) is 12.2 Å². The summed E-state index contributed by atoms with van der Waals surface area (Å²) in [5.41, 5.74) is 5.89. The number of nitrogen functional groups attached to an aromatic ring is 1. The lowest BCUT2D eigenvalue weighted by Crippen LogP contribution is -2.44. The molecular weight excluding hydrogens is 286 g/mol. The molecule has 0 spiro atoms. The van der Waals surface area contributed by atoms with E-state index < -0.39 is 0 Å². The number of likely N-dealkylation sites (N-methyl/N-ethyl adjacent to an activating group) is 1. The van der Waals surface area contributed by atoms with E-state index in [1.54, 1.807) is 0 Å². The standard InChI is InChI=1S/C14H21N5OS/c1-4-5-10(2)16-13(20)11-12(15)17-14(21-11)19-8-6-18(3)7-9-19/h1,10H,5-9,15H2,2-3H3,(H,16,20). The van der Waals surface area contributed by atoms with Crippen LogP contribution in [0.4, 0.5) is 10.9 Å². The van der Waals surface area contributed by atoms with Gasteiger partial charge in [-0.1, -0.05) is 11.3 Å². The smallest absolute Gasteiger partial charge is 0.265 e. The first-order valence-corrected chi connectivity index (χ1v) is 7.77. The first-order chi connectivity index (χ1) is 10.0. The first-order valence-electron chi connectivity index (χ1n) is 6.95. The van der Waals surface area contributed by atoms with Crippen molar-refractivity contribution < 1.29 is 4.79 Å². The molecule has 1 aromatic rings. The van der Waals surface area contributed by atoms with Gasteiger partial charge in [-0.25, -0.2) is 4.98 Å². The van der Waals surface area contributed by atoms with Crippen LogP contribution in [0.15, 0.2) is 0 Å². The van der Waals surface area contributed by atoms with E-state index in [2.05, 4.69) is 33.1 Å². The number of terminal acetylenes is 1. The Bertz CT molecular complexity index is 542. The predicted molar refractivity (Wildman–Crippen MR) is 86.6 cm³/mol. The fourth-order valence-corrected chi connectivity index (χ4v) is 3.07. The highest BCUT2D eigenvalue weighted by Gasteiger charge is 2.22. The Balaban J connectivity index is 2.05. The summed E-state index contributed by atoms with van der Waals surface area (Å²) >= 11 is 1.34. The van der Waals surface area contributed by atoms with Crippen LogP contribution in [0.3, 0.4) is 0 Å². The first kappa shape index (κ1) is 15.6.